The van der Waals surface area contributed by atoms with Gasteiger partial charge in [0.05, 0.1) is 18.1 Å². The van der Waals surface area contributed by atoms with Gasteiger partial charge in [0.1, 0.15) is 4.90 Å². The minimum Gasteiger partial charge on any atom is -0.357 e. The lowest BCUT2D eigenvalue weighted by Gasteiger charge is -2.09. The third-order valence-corrected chi connectivity index (χ3v) is 4.29. The summed E-state index contributed by atoms with van der Waals surface area (Å²) in [6.07, 6.45) is 2.50. The highest BCUT2D eigenvalue weighted by atomic mass is 79.9. The molecule has 0 aliphatic heterocycles. The number of sulfonamides is 1. The van der Waals surface area contributed by atoms with Crippen molar-refractivity contribution in [3.8, 4) is 0 Å². The van der Waals surface area contributed by atoms with Crippen LogP contribution >= 0.6 is 15.9 Å². The molecule has 0 aliphatic rings. The first-order chi connectivity index (χ1) is 9.03. The van der Waals surface area contributed by atoms with Gasteiger partial charge in [-0.1, -0.05) is 12.1 Å². The van der Waals surface area contributed by atoms with E-state index in [1.165, 1.54) is 12.4 Å². The maximum atomic E-state index is 12.1. The summed E-state index contributed by atoms with van der Waals surface area (Å²) in [5.74, 6) is 0.361. The van der Waals surface area contributed by atoms with E-state index in [2.05, 4.69) is 35.9 Å². The fourth-order valence-corrected chi connectivity index (χ4v) is 2.82. The number of benzene rings is 1. The fraction of sp³-hybridized carbons (Fsp3) is 0.0909. The highest BCUT2D eigenvalue weighted by molar-refractivity contribution is 9.10. The second-order valence-corrected chi connectivity index (χ2v) is 6.11. The Morgan fingerprint density at radius 1 is 1.16 bits per heavy atom. The SMILES string of the molecule is CNc1ncc(S(=O)(=O)Nc2ccccc2Br)cn1. The Kier molecular flexibility index (Phi) is 4.01. The van der Waals surface area contributed by atoms with Gasteiger partial charge in [0, 0.05) is 11.5 Å². The fourth-order valence-electron chi connectivity index (χ4n) is 1.33. The standard InChI is InChI=1S/C11H11BrN4O2S/c1-13-11-14-6-8(7-15-11)19(17,18)16-10-5-3-2-4-9(10)12/h2-7,16H,1H3,(H,13,14,15). The quantitative estimate of drug-likeness (QED) is 0.888. The average Bonchev–Trinajstić information content (AvgIpc) is 2.41. The van der Waals surface area contributed by atoms with Crippen molar-refractivity contribution in [1.29, 1.82) is 0 Å². The smallest absolute Gasteiger partial charge is 0.265 e. The molecule has 0 aliphatic carbocycles. The molecule has 100 valence electrons. The molecule has 0 saturated heterocycles. The zero-order valence-corrected chi connectivity index (χ0v) is 12.4. The third-order valence-electron chi connectivity index (χ3n) is 2.28. The highest BCUT2D eigenvalue weighted by Crippen LogP contribution is 2.24. The number of hydrogen-bond acceptors (Lipinski definition) is 5. The maximum Gasteiger partial charge on any atom is 0.265 e. The van der Waals surface area contributed by atoms with Crippen LogP contribution in [-0.4, -0.2) is 25.4 Å². The van der Waals surface area contributed by atoms with Crippen molar-refractivity contribution in [2.45, 2.75) is 4.90 Å². The summed E-state index contributed by atoms with van der Waals surface area (Å²) >= 11 is 3.28. The van der Waals surface area contributed by atoms with Crippen molar-refractivity contribution < 1.29 is 8.42 Å². The molecule has 2 aromatic rings. The molecule has 1 aromatic carbocycles. The van der Waals surface area contributed by atoms with E-state index >= 15 is 0 Å². The Hall–Kier alpha value is -1.67. The first kappa shape index (κ1) is 13.8. The lowest BCUT2D eigenvalue weighted by molar-refractivity contribution is 0.600. The van der Waals surface area contributed by atoms with Gasteiger partial charge in [0.25, 0.3) is 10.0 Å². The predicted molar refractivity (Wildman–Crippen MR) is 76.5 cm³/mol. The van der Waals surface area contributed by atoms with E-state index < -0.39 is 10.0 Å². The Morgan fingerprint density at radius 2 is 1.79 bits per heavy atom. The number of rotatable bonds is 4. The second-order valence-electron chi connectivity index (χ2n) is 3.58. The maximum absolute atomic E-state index is 12.1. The van der Waals surface area contributed by atoms with E-state index in [1.807, 2.05) is 0 Å². The molecule has 0 bridgehead atoms. The van der Waals surface area contributed by atoms with Crippen LogP contribution in [-0.2, 0) is 10.0 Å². The number of anilines is 2. The van der Waals surface area contributed by atoms with Crippen molar-refractivity contribution in [1.82, 2.24) is 9.97 Å². The Morgan fingerprint density at radius 3 is 2.37 bits per heavy atom. The van der Waals surface area contributed by atoms with Crippen molar-refractivity contribution >= 4 is 37.6 Å². The van der Waals surface area contributed by atoms with Crippen LogP contribution in [0.2, 0.25) is 0 Å². The second kappa shape index (κ2) is 5.54. The van der Waals surface area contributed by atoms with E-state index in [0.29, 0.717) is 16.1 Å². The summed E-state index contributed by atoms with van der Waals surface area (Å²) in [6, 6.07) is 6.94. The van der Waals surface area contributed by atoms with Crippen LogP contribution < -0.4 is 10.0 Å². The minimum atomic E-state index is -3.69. The van der Waals surface area contributed by atoms with Crippen LogP contribution in [0.4, 0.5) is 11.6 Å². The van der Waals surface area contributed by atoms with Gasteiger partial charge in [-0.25, -0.2) is 18.4 Å². The molecule has 0 unspecified atom stereocenters. The number of nitrogens with one attached hydrogen (secondary N) is 2. The molecule has 1 heterocycles. The largest absolute Gasteiger partial charge is 0.357 e. The number of halogens is 1. The van der Waals surface area contributed by atoms with Crippen LogP contribution in [0.15, 0.2) is 46.0 Å². The Bertz CT molecular complexity index is 673. The third kappa shape index (κ3) is 3.21. The monoisotopic (exact) mass is 342 g/mol. The molecule has 2 N–H and O–H groups in total. The van der Waals surface area contributed by atoms with Gasteiger partial charge >= 0.3 is 0 Å². The first-order valence-electron chi connectivity index (χ1n) is 5.30. The summed E-state index contributed by atoms with van der Waals surface area (Å²) in [4.78, 5) is 7.75. The van der Waals surface area contributed by atoms with Crippen molar-refractivity contribution in [2.24, 2.45) is 0 Å². The summed E-state index contributed by atoms with van der Waals surface area (Å²) in [5.41, 5.74) is 0.459. The molecule has 0 fully saturated rings. The van der Waals surface area contributed by atoms with Crippen molar-refractivity contribution in [3.05, 3.63) is 41.1 Å². The lowest BCUT2D eigenvalue weighted by Crippen LogP contribution is -2.14. The van der Waals surface area contributed by atoms with Gasteiger partial charge in [-0.3, -0.25) is 4.72 Å². The molecule has 0 spiro atoms. The molecule has 2 rings (SSSR count). The lowest BCUT2D eigenvalue weighted by atomic mass is 10.3. The van der Waals surface area contributed by atoms with Gasteiger partial charge in [0.2, 0.25) is 5.95 Å². The predicted octanol–water partition coefficient (Wildman–Crippen LogP) is 2.08. The molecule has 8 heteroatoms. The van der Waals surface area contributed by atoms with E-state index in [0.717, 1.165) is 0 Å². The number of aromatic nitrogens is 2. The molecule has 1 aromatic heterocycles. The number of nitrogens with zero attached hydrogens (tertiary/aromatic N) is 2. The number of para-hydroxylation sites is 1. The van der Waals surface area contributed by atoms with Crippen LogP contribution in [0.25, 0.3) is 0 Å². The molecule has 0 radical (unpaired) electrons. The topological polar surface area (TPSA) is 84.0 Å². The normalized spacial score (nSPS) is 11.1. The molecular weight excluding hydrogens is 332 g/mol. The van der Waals surface area contributed by atoms with Gasteiger partial charge in [-0.05, 0) is 28.1 Å². The molecule has 0 saturated carbocycles. The van der Waals surface area contributed by atoms with Crippen molar-refractivity contribution in [3.63, 3.8) is 0 Å². The zero-order valence-electron chi connectivity index (χ0n) is 9.96. The molecule has 0 atom stereocenters. The van der Waals surface area contributed by atoms with E-state index in [4.69, 9.17) is 0 Å². The summed E-state index contributed by atoms with van der Waals surface area (Å²) in [7, 11) is -2.04. The van der Waals surface area contributed by atoms with E-state index in [-0.39, 0.29) is 4.90 Å². The number of hydrogen-bond donors (Lipinski definition) is 2. The van der Waals surface area contributed by atoms with Crippen molar-refractivity contribution in [2.75, 3.05) is 17.1 Å². The van der Waals surface area contributed by atoms with Crippen LogP contribution in [0.1, 0.15) is 0 Å². The first-order valence-corrected chi connectivity index (χ1v) is 7.58. The van der Waals surface area contributed by atoms with Gasteiger partial charge in [0.15, 0.2) is 0 Å². The van der Waals surface area contributed by atoms with Gasteiger partial charge in [-0.15, -0.1) is 0 Å². The summed E-state index contributed by atoms with van der Waals surface area (Å²) < 4.78 is 27.4. The van der Waals surface area contributed by atoms with Crippen LogP contribution in [0, 0.1) is 0 Å². The highest BCUT2D eigenvalue weighted by Gasteiger charge is 2.16. The van der Waals surface area contributed by atoms with Crippen LogP contribution in [0.3, 0.4) is 0 Å². The molecular formula is C11H11BrN4O2S. The molecule has 19 heavy (non-hydrogen) atoms. The average molecular weight is 343 g/mol. The zero-order chi connectivity index (χ0) is 13.9. The van der Waals surface area contributed by atoms with E-state index in [9.17, 15) is 8.42 Å². The van der Waals surface area contributed by atoms with Gasteiger partial charge in [-0.2, -0.15) is 0 Å². The van der Waals surface area contributed by atoms with Gasteiger partial charge < -0.3 is 5.32 Å². The molecule has 6 nitrogen and oxygen atoms in total. The Labute approximate surface area is 119 Å². The Balaban J connectivity index is 2.30. The minimum absolute atomic E-state index is 0.00209. The molecule has 0 amide bonds. The summed E-state index contributed by atoms with van der Waals surface area (Å²) in [5, 5.41) is 2.72. The van der Waals surface area contributed by atoms with E-state index in [1.54, 1.807) is 31.3 Å². The summed E-state index contributed by atoms with van der Waals surface area (Å²) in [6.45, 7) is 0. The van der Waals surface area contributed by atoms with Crippen LogP contribution in [0.5, 0.6) is 0 Å².